The molecular weight excluding hydrogens is 166 g/mol. The van der Waals surface area contributed by atoms with Crippen LogP contribution in [-0.2, 0) is 4.79 Å². The Morgan fingerprint density at radius 2 is 2.00 bits per heavy atom. The van der Waals surface area contributed by atoms with E-state index in [1.165, 1.54) is 6.20 Å². The van der Waals surface area contributed by atoms with Gasteiger partial charge in [0.1, 0.15) is 11.6 Å². The summed E-state index contributed by atoms with van der Waals surface area (Å²) in [5.41, 5.74) is -0.238. The van der Waals surface area contributed by atoms with E-state index in [-0.39, 0.29) is 17.0 Å². The number of nitrogens with zero attached hydrogens (tertiary/aromatic N) is 1. The van der Waals surface area contributed by atoms with Gasteiger partial charge in [0, 0.05) is 18.8 Å². The highest BCUT2D eigenvalue weighted by Crippen LogP contribution is 2.01. The third-order valence-electron chi connectivity index (χ3n) is 1.14. The van der Waals surface area contributed by atoms with Crippen molar-refractivity contribution in [3.63, 3.8) is 0 Å². The van der Waals surface area contributed by atoms with Crippen LogP contribution in [0.4, 0.5) is 0 Å². The molecule has 72 valence electrons. The van der Waals surface area contributed by atoms with Crippen LogP contribution < -0.4 is 10.6 Å². The molecule has 0 saturated heterocycles. The summed E-state index contributed by atoms with van der Waals surface area (Å²) >= 11 is 0. The van der Waals surface area contributed by atoms with Crippen molar-refractivity contribution in [1.82, 2.24) is 10.6 Å². The van der Waals surface area contributed by atoms with Crippen LogP contribution in [0.5, 0.6) is 0 Å². The van der Waals surface area contributed by atoms with Gasteiger partial charge < -0.3 is 10.6 Å². The van der Waals surface area contributed by atoms with Crippen LogP contribution in [0, 0.1) is 11.3 Å². The van der Waals surface area contributed by atoms with Crippen molar-refractivity contribution in [2.75, 3.05) is 7.05 Å². The maximum absolute atomic E-state index is 11.3. The van der Waals surface area contributed by atoms with Crippen LogP contribution >= 0.6 is 0 Å². The quantitative estimate of drug-likeness (QED) is 0.482. The van der Waals surface area contributed by atoms with Crippen LogP contribution in [0.3, 0.4) is 0 Å². The highest BCUT2D eigenvalue weighted by molar-refractivity contribution is 5.97. The number of carbonyl (C=O) groups excluding carboxylic acids is 1. The zero-order valence-corrected chi connectivity index (χ0v) is 8.43. The van der Waals surface area contributed by atoms with E-state index in [9.17, 15) is 4.79 Å². The summed E-state index contributed by atoms with van der Waals surface area (Å²) < 4.78 is 0. The smallest absolute Gasteiger partial charge is 0.263 e. The van der Waals surface area contributed by atoms with E-state index in [1.807, 2.05) is 26.8 Å². The van der Waals surface area contributed by atoms with Gasteiger partial charge in [0.15, 0.2) is 0 Å². The number of carbonyl (C=O) groups is 1. The molecule has 4 nitrogen and oxygen atoms in total. The molecular formula is C9H15N3O. The summed E-state index contributed by atoms with van der Waals surface area (Å²) in [6, 6.07) is 1.81. The Balaban J connectivity index is 4.44. The van der Waals surface area contributed by atoms with Crippen molar-refractivity contribution in [2.45, 2.75) is 26.3 Å². The fourth-order valence-corrected chi connectivity index (χ4v) is 0.701. The Hall–Kier alpha value is -1.50. The van der Waals surface area contributed by atoms with E-state index in [1.54, 1.807) is 7.05 Å². The lowest BCUT2D eigenvalue weighted by molar-refractivity contribution is -0.118. The summed E-state index contributed by atoms with van der Waals surface area (Å²) in [6.07, 6.45) is 1.38. The third kappa shape index (κ3) is 4.86. The summed E-state index contributed by atoms with van der Waals surface area (Å²) in [5, 5.41) is 13.9. The van der Waals surface area contributed by atoms with Crippen LogP contribution in [0.15, 0.2) is 11.8 Å². The molecule has 0 aromatic carbocycles. The SMILES string of the molecule is CN/C=C(/C#N)C(=O)NC(C)(C)C. The molecule has 0 fully saturated rings. The molecule has 0 aliphatic carbocycles. The van der Waals surface area contributed by atoms with E-state index < -0.39 is 0 Å². The first-order valence-corrected chi connectivity index (χ1v) is 4.01. The normalized spacial score (nSPS) is 11.8. The van der Waals surface area contributed by atoms with Crippen molar-refractivity contribution >= 4 is 5.91 Å². The Labute approximate surface area is 78.6 Å². The Bertz CT molecular complexity index is 255. The molecule has 4 heteroatoms. The average Bonchev–Trinajstić information content (AvgIpc) is 1.96. The predicted molar refractivity (Wildman–Crippen MR) is 50.7 cm³/mol. The molecule has 0 aromatic rings. The maximum Gasteiger partial charge on any atom is 0.263 e. The molecule has 0 unspecified atom stereocenters. The van der Waals surface area contributed by atoms with Gasteiger partial charge in [0.25, 0.3) is 5.91 Å². The Morgan fingerprint density at radius 3 is 2.31 bits per heavy atom. The van der Waals surface area contributed by atoms with Gasteiger partial charge in [0.05, 0.1) is 0 Å². The lowest BCUT2D eigenvalue weighted by atomic mass is 10.1. The molecule has 2 N–H and O–H groups in total. The van der Waals surface area contributed by atoms with Gasteiger partial charge >= 0.3 is 0 Å². The fourth-order valence-electron chi connectivity index (χ4n) is 0.701. The molecule has 0 spiro atoms. The summed E-state index contributed by atoms with van der Waals surface area (Å²) in [7, 11) is 1.64. The number of hydrogen-bond donors (Lipinski definition) is 2. The molecule has 0 rings (SSSR count). The molecule has 0 aliphatic heterocycles. The van der Waals surface area contributed by atoms with Gasteiger partial charge in [-0.1, -0.05) is 0 Å². The molecule has 0 radical (unpaired) electrons. The van der Waals surface area contributed by atoms with Gasteiger partial charge in [-0.05, 0) is 20.8 Å². The van der Waals surface area contributed by atoms with Gasteiger partial charge in [-0.15, -0.1) is 0 Å². The van der Waals surface area contributed by atoms with Crippen LogP contribution in [0.1, 0.15) is 20.8 Å². The molecule has 0 aliphatic rings. The summed E-state index contributed by atoms with van der Waals surface area (Å²) in [4.78, 5) is 11.3. The van der Waals surface area contributed by atoms with Crippen molar-refractivity contribution in [2.24, 2.45) is 0 Å². The molecule has 0 bridgehead atoms. The molecule has 0 saturated carbocycles. The second-order valence-corrected chi connectivity index (χ2v) is 3.66. The maximum atomic E-state index is 11.3. The number of hydrogen-bond acceptors (Lipinski definition) is 3. The lowest BCUT2D eigenvalue weighted by Gasteiger charge is -2.19. The van der Waals surface area contributed by atoms with Crippen LogP contribution in [-0.4, -0.2) is 18.5 Å². The van der Waals surface area contributed by atoms with Crippen molar-refractivity contribution in [3.8, 4) is 6.07 Å². The van der Waals surface area contributed by atoms with Gasteiger partial charge in [-0.25, -0.2) is 0 Å². The first-order valence-electron chi connectivity index (χ1n) is 4.01. The lowest BCUT2D eigenvalue weighted by Crippen LogP contribution is -2.41. The topological polar surface area (TPSA) is 64.9 Å². The van der Waals surface area contributed by atoms with Crippen LogP contribution in [0.2, 0.25) is 0 Å². The van der Waals surface area contributed by atoms with Crippen molar-refractivity contribution < 1.29 is 4.79 Å². The predicted octanol–water partition coefficient (Wildman–Crippen LogP) is 0.528. The van der Waals surface area contributed by atoms with Gasteiger partial charge in [-0.2, -0.15) is 5.26 Å². The standard InChI is InChI=1S/C9H15N3O/c1-9(2,3)12-8(13)7(5-10)6-11-4/h6,11H,1-4H3,(H,12,13)/b7-6-. The van der Waals surface area contributed by atoms with Crippen LogP contribution in [0.25, 0.3) is 0 Å². The third-order valence-corrected chi connectivity index (χ3v) is 1.14. The second kappa shape index (κ2) is 4.51. The van der Waals surface area contributed by atoms with Crippen molar-refractivity contribution in [3.05, 3.63) is 11.8 Å². The monoisotopic (exact) mass is 181 g/mol. The second-order valence-electron chi connectivity index (χ2n) is 3.66. The zero-order chi connectivity index (χ0) is 10.5. The molecule has 13 heavy (non-hydrogen) atoms. The first-order chi connectivity index (χ1) is 5.90. The van der Waals surface area contributed by atoms with Gasteiger partial charge in [0.2, 0.25) is 0 Å². The molecule has 0 heterocycles. The molecule has 1 amide bonds. The Kier molecular flexibility index (Phi) is 3.99. The highest BCUT2D eigenvalue weighted by Gasteiger charge is 2.16. The van der Waals surface area contributed by atoms with E-state index >= 15 is 0 Å². The Morgan fingerprint density at radius 1 is 1.46 bits per heavy atom. The number of amides is 1. The number of nitriles is 1. The first kappa shape index (κ1) is 11.5. The number of rotatable bonds is 2. The van der Waals surface area contributed by atoms with Crippen molar-refractivity contribution in [1.29, 1.82) is 5.26 Å². The number of nitrogens with one attached hydrogen (secondary N) is 2. The minimum Gasteiger partial charge on any atom is -0.393 e. The van der Waals surface area contributed by atoms with E-state index in [0.717, 1.165) is 0 Å². The fraction of sp³-hybridized carbons (Fsp3) is 0.556. The largest absolute Gasteiger partial charge is 0.393 e. The minimum absolute atomic E-state index is 0.0809. The minimum atomic E-state index is -0.357. The average molecular weight is 181 g/mol. The summed E-state index contributed by atoms with van der Waals surface area (Å²) in [5.74, 6) is -0.357. The zero-order valence-electron chi connectivity index (χ0n) is 8.43. The molecule has 0 atom stereocenters. The van der Waals surface area contributed by atoms with E-state index in [4.69, 9.17) is 5.26 Å². The summed E-state index contributed by atoms with van der Waals surface area (Å²) in [6.45, 7) is 5.58. The van der Waals surface area contributed by atoms with E-state index in [2.05, 4.69) is 10.6 Å². The highest BCUT2D eigenvalue weighted by atomic mass is 16.1. The molecule has 0 aromatic heterocycles. The van der Waals surface area contributed by atoms with E-state index in [0.29, 0.717) is 0 Å². The van der Waals surface area contributed by atoms with Gasteiger partial charge in [-0.3, -0.25) is 4.79 Å².